The van der Waals surface area contributed by atoms with Crippen LogP contribution in [-0.4, -0.2) is 47.4 Å². The second kappa shape index (κ2) is 5.57. The summed E-state index contributed by atoms with van der Waals surface area (Å²) < 4.78 is 10.4. The van der Waals surface area contributed by atoms with E-state index in [4.69, 9.17) is 9.47 Å². The number of nitrogens with zero attached hydrogens (tertiary/aromatic N) is 1. The standard InChI is InChI=1S/C16H25NO5/c1-10-8-12-16(9-11(10)18,13(19)21-5)6-7-17(12)14(20)22-15(2,3)4/h8,10-11,18H,6-7,9H2,1-5H3/t10-,11+,16+/m1/s1. The third kappa shape index (κ3) is 2.84. The molecule has 0 aromatic rings. The maximum Gasteiger partial charge on any atom is 0.414 e. The van der Waals surface area contributed by atoms with Crippen LogP contribution in [0.5, 0.6) is 0 Å². The van der Waals surface area contributed by atoms with Crippen LogP contribution in [-0.2, 0) is 14.3 Å². The van der Waals surface area contributed by atoms with Crippen LogP contribution in [0.25, 0.3) is 0 Å². The predicted molar refractivity (Wildman–Crippen MR) is 79.9 cm³/mol. The Morgan fingerprint density at radius 3 is 2.59 bits per heavy atom. The first-order chi connectivity index (χ1) is 10.1. The van der Waals surface area contributed by atoms with Crippen molar-refractivity contribution in [1.82, 2.24) is 4.90 Å². The van der Waals surface area contributed by atoms with Gasteiger partial charge in [0.2, 0.25) is 0 Å². The van der Waals surface area contributed by atoms with E-state index in [9.17, 15) is 14.7 Å². The number of ether oxygens (including phenoxy) is 2. The van der Waals surface area contributed by atoms with E-state index in [1.807, 2.05) is 6.92 Å². The topological polar surface area (TPSA) is 76.1 Å². The number of amides is 1. The molecule has 0 saturated carbocycles. The van der Waals surface area contributed by atoms with E-state index in [1.54, 1.807) is 26.8 Å². The van der Waals surface area contributed by atoms with Gasteiger partial charge in [0.25, 0.3) is 0 Å². The number of carbonyl (C=O) groups is 2. The summed E-state index contributed by atoms with van der Waals surface area (Å²) in [6, 6.07) is 0. The van der Waals surface area contributed by atoms with Gasteiger partial charge in [0, 0.05) is 18.2 Å². The van der Waals surface area contributed by atoms with Gasteiger partial charge in [-0.3, -0.25) is 9.69 Å². The Morgan fingerprint density at radius 2 is 2.05 bits per heavy atom. The van der Waals surface area contributed by atoms with Gasteiger partial charge < -0.3 is 14.6 Å². The zero-order valence-electron chi connectivity index (χ0n) is 13.9. The van der Waals surface area contributed by atoms with Crippen molar-refractivity contribution in [2.45, 2.75) is 52.2 Å². The van der Waals surface area contributed by atoms with Crippen LogP contribution in [0.15, 0.2) is 11.8 Å². The first-order valence-electron chi connectivity index (χ1n) is 7.60. The highest BCUT2D eigenvalue weighted by Gasteiger charge is 2.55. The Kier molecular flexibility index (Phi) is 4.26. The van der Waals surface area contributed by atoms with Gasteiger partial charge in [-0.25, -0.2) is 4.79 Å². The summed E-state index contributed by atoms with van der Waals surface area (Å²) >= 11 is 0. The van der Waals surface area contributed by atoms with Gasteiger partial charge in [0.15, 0.2) is 0 Å². The summed E-state index contributed by atoms with van der Waals surface area (Å²) in [6.45, 7) is 7.65. The van der Waals surface area contributed by atoms with Crippen molar-refractivity contribution in [2.24, 2.45) is 11.3 Å². The van der Waals surface area contributed by atoms with Crippen molar-refractivity contribution in [3.63, 3.8) is 0 Å². The number of carbonyl (C=O) groups excluding carboxylic acids is 2. The number of aliphatic hydroxyl groups is 1. The molecule has 0 aromatic carbocycles. The van der Waals surface area contributed by atoms with E-state index >= 15 is 0 Å². The van der Waals surface area contributed by atoms with E-state index in [1.165, 1.54) is 12.0 Å². The minimum Gasteiger partial charge on any atom is -0.468 e. The number of hydrogen-bond acceptors (Lipinski definition) is 5. The van der Waals surface area contributed by atoms with Crippen LogP contribution >= 0.6 is 0 Å². The predicted octanol–water partition coefficient (Wildman–Crippen LogP) is 2.07. The minimum atomic E-state index is -0.947. The van der Waals surface area contributed by atoms with Crippen LogP contribution in [0.3, 0.4) is 0 Å². The molecule has 6 heteroatoms. The molecular formula is C16H25NO5. The number of likely N-dealkylation sites (tertiary alicyclic amines) is 1. The van der Waals surface area contributed by atoms with E-state index in [0.29, 0.717) is 18.7 Å². The Bertz CT molecular complexity index is 507. The van der Waals surface area contributed by atoms with Crippen LogP contribution in [0.2, 0.25) is 0 Å². The van der Waals surface area contributed by atoms with Gasteiger partial charge in [0.1, 0.15) is 11.0 Å². The highest BCUT2D eigenvalue weighted by Crippen LogP contribution is 2.49. The SMILES string of the molecule is COC(=O)[C@]12CCN(C(=O)OC(C)(C)C)C1=C[C@@H](C)[C@@H](O)C2. The summed E-state index contributed by atoms with van der Waals surface area (Å²) in [7, 11) is 1.33. The maximum absolute atomic E-state index is 12.4. The van der Waals surface area contributed by atoms with Crippen LogP contribution in [0, 0.1) is 11.3 Å². The third-order valence-electron chi connectivity index (χ3n) is 4.32. The van der Waals surface area contributed by atoms with Crippen LogP contribution in [0.1, 0.15) is 40.5 Å². The number of aliphatic hydroxyl groups excluding tert-OH is 1. The zero-order chi connectivity index (χ0) is 16.7. The van der Waals surface area contributed by atoms with Crippen molar-refractivity contribution in [2.75, 3.05) is 13.7 Å². The molecule has 1 aliphatic heterocycles. The molecular weight excluding hydrogens is 286 g/mol. The summed E-state index contributed by atoms with van der Waals surface area (Å²) in [6.07, 6.45) is 1.41. The molecule has 22 heavy (non-hydrogen) atoms. The maximum atomic E-state index is 12.4. The fourth-order valence-electron chi connectivity index (χ4n) is 3.16. The molecule has 0 aromatic heterocycles. The lowest BCUT2D eigenvalue weighted by molar-refractivity contribution is -0.152. The molecule has 0 unspecified atom stereocenters. The first kappa shape index (κ1) is 16.8. The van der Waals surface area contributed by atoms with Crippen LogP contribution in [0.4, 0.5) is 4.79 Å². The molecule has 1 amide bonds. The lowest BCUT2D eigenvalue weighted by atomic mass is 9.72. The average Bonchev–Trinajstić information content (AvgIpc) is 2.76. The second-order valence-electron chi connectivity index (χ2n) is 7.14. The number of rotatable bonds is 1. The van der Waals surface area contributed by atoms with Crippen molar-refractivity contribution in [3.05, 3.63) is 11.8 Å². The van der Waals surface area contributed by atoms with Gasteiger partial charge in [-0.05, 0) is 33.6 Å². The molecule has 2 aliphatic rings. The summed E-state index contributed by atoms with van der Waals surface area (Å²) in [5, 5.41) is 10.2. The van der Waals surface area contributed by atoms with Gasteiger partial charge in [-0.1, -0.05) is 13.0 Å². The van der Waals surface area contributed by atoms with Crippen molar-refractivity contribution >= 4 is 12.1 Å². The van der Waals surface area contributed by atoms with Gasteiger partial charge >= 0.3 is 12.1 Å². The Hall–Kier alpha value is -1.56. The van der Waals surface area contributed by atoms with Crippen molar-refractivity contribution < 1.29 is 24.2 Å². The lowest BCUT2D eigenvalue weighted by Crippen LogP contribution is -2.44. The fraction of sp³-hybridized carbons (Fsp3) is 0.750. The fourth-order valence-corrected chi connectivity index (χ4v) is 3.16. The molecule has 1 fully saturated rings. The molecule has 3 atom stereocenters. The molecule has 1 N–H and O–H groups in total. The smallest absolute Gasteiger partial charge is 0.414 e. The average molecular weight is 311 g/mol. The normalized spacial score (nSPS) is 31.4. The van der Waals surface area contributed by atoms with Gasteiger partial charge in [-0.15, -0.1) is 0 Å². The molecule has 1 aliphatic carbocycles. The summed E-state index contributed by atoms with van der Waals surface area (Å²) in [5.74, 6) is -0.536. The third-order valence-corrected chi connectivity index (χ3v) is 4.32. The molecule has 2 rings (SSSR count). The van der Waals surface area contributed by atoms with E-state index in [2.05, 4.69) is 0 Å². The van der Waals surface area contributed by atoms with Gasteiger partial charge in [0.05, 0.1) is 13.2 Å². The summed E-state index contributed by atoms with van der Waals surface area (Å²) in [4.78, 5) is 26.2. The largest absolute Gasteiger partial charge is 0.468 e. The zero-order valence-corrected chi connectivity index (χ0v) is 13.9. The highest BCUT2D eigenvalue weighted by atomic mass is 16.6. The molecule has 6 nitrogen and oxygen atoms in total. The van der Waals surface area contributed by atoms with E-state index in [0.717, 1.165) is 0 Å². The second-order valence-corrected chi connectivity index (χ2v) is 7.14. The molecule has 0 bridgehead atoms. The number of hydrogen-bond donors (Lipinski definition) is 1. The Labute approximate surface area is 131 Å². The number of fused-ring (bicyclic) bond motifs is 1. The molecule has 1 heterocycles. The number of esters is 1. The summed E-state index contributed by atoms with van der Waals surface area (Å²) in [5.41, 5.74) is -0.947. The van der Waals surface area contributed by atoms with Crippen LogP contribution < -0.4 is 0 Å². The number of methoxy groups -OCH3 is 1. The highest BCUT2D eigenvalue weighted by molar-refractivity contribution is 5.84. The quantitative estimate of drug-likeness (QED) is 0.750. The lowest BCUT2D eigenvalue weighted by Gasteiger charge is -2.37. The molecule has 0 spiro atoms. The molecule has 0 radical (unpaired) electrons. The Morgan fingerprint density at radius 1 is 1.41 bits per heavy atom. The van der Waals surface area contributed by atoms with E-state index < -0.39 is 29.2 Å². The monoisotopic (exact) mass is 311 g/mol. The van der Waals surface area contributed by atoms with E-state index in [-0.39, 0.29) is 12.3 Å². The van der Waals surface area contributed by atoms with Crippen molar-refractivity contribution in [3.8, 4) is 0 Å². The van der Waals surface area contributed by atoms with Crippen molar-refractivity contribution in [1.29, 1.82) is 0 Å². The first-order valence-corrected chi connectivity index (χ1v) is 7.60. The molecule has 1 saturated heterocycles. The molecule has 124 valence electrons. The van der Waals surface area contributed by atoms with Gasteiger partial charge in [-0.2, -0.15) is 0 Å². The minimum absolute atomic E-state index is 0.129. The Balaban J connectivity index is 2.36.